The van der Waals surface area contributed by atoms with Crippen LogP contribution in [-0.2, 0) is 13.0 Å². The van der Waals surface area contributed by atoms with Gasteiger partial charge in [0.05, 0.1) is 5.56 Å². The number of urea groups is 1. The maximum atomic E-state index is 13.1. The second kappa shape index (κ2) is 9.21. The molecule has 3 aromatic carbocycles. The van der Waals surface area contributed by atoms with Crippen LogP contribution in [0.25, 0.3) is 0 Å². The molecular formula is C28H30N4O2. The van der Waals surface area contributed by atoms with Gasteiger partial charge in [0.15, 0.2) is 0 Å². The number of rotatable bonds is 5. The summed E-state index contributed by atoms with van der Waals surface area (Å²) in [5.74, 6) is -0.0882. The average molecular weight is 455 g/mol. The number of nitrogens with zero attached hydrogens (tertiary/aromatic N) is 1. The van der Waals surface area contributed by atoms with Crippen molar-refractivity contribution in [3.05, 3.63) is 88.5 Å². The van der Waals surface area contributed by atoms with Crippen molar-refractivity contribution in [3.63, 3.8) is 0 Å². The van der Waals surface area contributed by atoms with Gasteiger partial charge in [-0.2, -0.15) is 0 Å². The van der Waals surface area contributed by atoms with Gasteiger partial charge in [-0.25, -0.2) is 4.79 Å². The Bertz CT molecular complexity index is 1250. The van der Waals surface area contributed by atoms with Crippen molar-refractivity contribution in [2.75, 3.05) is 22.1 Å². The van der Waals surface area contributed by atoms with Gasteiger partial charge in [-0.1, -0.05) is 42.0 Å². The molecule has 3 amide bonds. The van der Waals surface area contributed by atoms with E-state index in [0.717, 1.165) is 54.9 Å². The summed E-state index contributed by atoms with van der Waals surface area (Å²) < 4.78 is 0. The Hall–Kier alpha value is -3.80. The first kappa shape index (κ1) is 22.0. The molecule has 1 saturated carbocycles. The second-order valence-corrected chi connectivity index (χ2v) is 9.32. The van der Waals surface area contributed by atoms with Gasteiger partial charge >= 0.3 is 6.03 Å². The third kappa shape index (κ3) is 4.91. The summed E-state index contributed by atoms with van der Waals surface area (Å²) in [6, 6.07) is 19.9. The number of carbonyl (C=O) groups is 2. The maximum Gasteiger partial charge on any atom is 0.323 e. The van der Waals surface area contributed by atoms with Crippen LogP contribution in [0.1, 0.15) is 45.5 Å². The molecule has 0 aromatic heterocycles. The highest BCUT2D eigenvalue weighted by atomic mass is 16.2. The van der Waals surface area contributed by atoms with E-state index in [4.69, 9.17) is 0 Å². The second-order valence-electron chi connectivity index (χ2n) is 9.32. The molecule has 0 radical (unpaired) electrons. The molecule has 1 aliphatic heterocycles. The first-order valence-electron chi connectivity index (χ1n) is 11.9. The fourth-order valence-corrected chi connectivity index (χ4v) is 4.50. The quantitative estimate of drug-likeness (QED) is 0.483. The van der Waals surface area contributed by atoms with Crippen LogP contribution in [0, 0.1) is 13.8 Å². The Morgan fingerprint density at radius 2 is 1.71 bits per heavy atom. The molecule has 5 rings (SSSR count). The maximum absolute atomic E-state index is 13.1. The number of benzene rings is 3. The van der Waals surface area contributed by atoms with Gasteiger partial charge in [0.25, 0.3) is 5.91 Å². The van der Waals surface area contributed by atoms with E-state index < -0.39 is 0 Å². The molecule has 6 nitrogen and oxygen atoms in total. The largest absolute Gasteiger partial charge is 0.366 e. The molecule has 3 N–H and O–H groups in total. The van der Waals surface area contributed by atoms with E-state index in [1.54, 1.807) is 6.07 Å². The van der Waals surface area contributed by atoms with E-state index in [1.165, 1.54) is 11.1 Å². The molecule has 0 bridgehead atoms. The minimum Gasteiger partial charge on any atom is -0.366 e. The molecule has 34 heavy (non-hydrogen) atoms. The molecular weight excluding hydrogens is 424 g/mol. The van der Waals surface area contributed by atoms with Crippen molar-refractivity contribution < 1.29 is 9.59 Å². The van der Waals surface area contributed by atoms with Crippen molar-refractivity contribution in [1.82, 2.24) is 5.32 Å². The summed E-state index contributed by atoms with van der Waals surface area (Å²) in [6.07, 6.45) is 2.99. The van der Waals surface area contributed by atoms with Gasteiger partial charge < -0.3 is 20.9 Å². The number of carbonyl (C=O) groups excluding carboxylic acids is 2. The number of fused-ring (bicyclic) bond motifs is 1. The summed E-state index contributed by atoms with van der Waals surface area (Å²) >= 11 is 0. The number of amides is 3. The normalized spacial score (nSPS) is 14.8. The molecule has 2 aliphatic rings. The number of hydrogen-bond donors (Lipinski definition) is 3. The Balaban J connectivity index is 1.37. The van der Waals surface area contributed by atoms with Gasteiger partial charge in [-0.15, -0.1) is 0 Å². The van der Waals surface area contributed by atoms with Crippen LogP contribution in [-0.4, -0.2) is 24.5 Å². The van der Waals surface area contributed by atoms with Crippen molar-refractivity contribution in [2.45, 2.75) is 45.7 Å². The zero-order chi connectivity index (χ0) is 23.7. The van der Waals surface area contributed by atoms with E-state index >= 15 is 0 Å². The summed E-state index contributed by atoms with van der Waals surface area (Å²) in [4.78, 5) is 28.1. The lowest BCUT2D eigenvalue weighted by Crippen LogP contribution is -2.33. The van der Waals surface area contributed by atoms with Gasteiger partial charge in [0.1, 0.15) is 0 Å². The Morgan fingerprint density at radius 1 is 0.912 bits per heavy atom. The van der Waals surface area contributed by atoms with Crippen LogP contribution >= 0.6 is 0 Å². The first-order chi connectivity index (χ1) is 16.5. The molecule has 0 unspecified atom stereocenters. The van der Waals surface area contributed by atoms with Crippen molar-refractivity contribution in [3.8, 4) is 0 Å². The van der Waals surface area contributed by atoms with Crippen molar-refractivity contribution in [1.29, 1.82) is 0 Å². The number of hydrogen-bond acceptors (Lipinski definition) is 3. The van der Waals surface area contributed by atoms with E-state index in [2.05, 4.69) is 45.1 Å². The number of aryl methyl sites for hydroxylation is 2. The summed E-state index contributed by atoms with van der Waals surface area (Å²) in [5.41, 5.74) is 7.64. The molecule has 3 aromatic rings. The van der Waals surface area contributed by atoms with E-state index in [-0.39, 0.29) is 18.0 Å². The summed E-state index contributed by atoms with van der Waals surface area (Å²) in [7, 11) is 0. The summed E-state index contributed by atoms with van der Waals surface area (Å²) in [6.45, 7) is 5.60. The molecule has 6 heteroatoms. The lowest BCUT2D eigenvalue weighted by atomic mass is 9.98. The molecule has 1 aliphatic carbocycles. The lowest BCUT2D eigenvalue weighted by molar-refractivity contribution is 0.0951. The predicted octanol–water partition coefficient (Wildman–Crippen LogP) is 5.40. The van der Waals surface area contributed by atoms with E-state index in [1.807, 2.05) is 44.2 Å². The minimum atomic E-state index is -0.333. The lowest BCUT2D eigenvalue weighted by Gasteiger charge is -2.32. The highest BCUT2D eigenvalue weighted by molar-refractivity contribution is 6.04. The monoisotopic (exact) mass is 454 g/mol. The molecule has 0 spiro atoms. The number of anilines is 3. The van der Waals surface area contributed by atoms with Crippen LogP contribution in [0.3, 0.4) is 0 Å². The minimum absolute atomic E-state index is 0.0882. The highest BCUT2D eigenvalue weighted by Crippen LogP contribution is 2.31. The SMILES string of the molecule is Cc1ccc(NC(=O)Nc2ccc(N3CCc4ccccc4C3)c(C(=O)NC3CC3)c2)c(C)c1. The standard InChI is InChI=1S/C28H30N4O2/c1-18-7-11-25(19(2)15-18)31-28(34)30-23-10-12-26(24(16-23)27(33)29-22-8-9-22)32-14-13-20-5-3-4-6-21(20)17-32/h3-7,10-12,15-16,22H,8-9,13-14,17H2,1-2H3,(H,29,33)(H2,30,31,34). The molecule has 0 atom stereocenters. The van der Waals surface area contributed by atoms with Crippen LogP contribution in [0.15, 0.2) is 60.7 Å². The van der Waals surface area contributed by atoms with E-state index in [9.17, 15) is 9.59 Å². The Labute approximate surface area is 200 Å². The smallest absolute Gasteiger partial charge is 0.323 e. The van der Waals surface area contributed by atoms with Crippen molar-refractivity contribution in [2.24, 2.45) is 0 Å². The topological polar surface area (TPSA) is 73.5 Å². The van der Waals surface area contributed by atoms with Gasteiger partial charge in [-0.3, -0.25) is 4.79 Å². The van der Waals surface area contributed by atoms with Gasteiger partial charge in [0, 0.05) is 36.2 Å². The Kier molecular flexibility index (Phi) is 5.97. The third-order valence-electron chi connectivity index (χ3n) is 6.51. The fraction of sp³-hybridized carbons (Fsp3) is 0.286. The number of nitrogens with one attached hydrogen (secondary N) is 3. The molecule has 1 fully saturated rings. The van der Waals surface area contributed by atoms with Crippen LogP contribution < -0.4 is 20.9 Å². The molecule has 174 valence electrons. The van der Waals surface area contributed by atoms with Crippen LogP contribution in [0.4, 0.5) is 21.9 Å². The summed E-state index contributed by atoms with van der Waals surface area (Å²) in [5, 5.41) is 8.91. The third-order valence-corrected chi connectivity index (χ3v) is 6.51. The van der Waals surface area contributed by atoms with Gasteiger partial charge in [-0.05, 0) is 74.1 Å². The zero-order valence-electron chi connectivity index (χ0n) is 19.7. The zero-order valence-corrected chi connectivity index (χ0v) is 19.7. The fourth-order valence-electron chi connectivity index (χ4n) is 4.50. The predicted molar refractivity (Wildman–Crippen MR) is 137 cm³/mol. The first-order valence-corrected chi connectivity index (χ1v) is 11.9. The van der Waals surface area contributed by atoms with Crippen LogP contribution in [0.2, 0.25) is 0 Å². The van der Waals surface area contributed by atoms with Crippen LogP contribution in [0.5, 0.6) is 0 Å². The molecule has 0 saturated heterocycles. The van der Waals surface area contributed by atoms with E-state index in [0.29, 0.717) is 11.3 Å². The van der Waals surface area contributed by atoms with Crippen molar-refractivity contribution >= 4 is 29.0 Å². The average Bonchev–Trinajstić information content (AvgIpc) is 3.64. The highest BCUT2D eigenvalue weighted by Gasteiger charge is 2.27. The molecule has 1 heterocycles. The Morgan fingerprint density at radius 3 is 2.47 bits per heavy atom. The van der Waals surface area contributed by atoms with Gasteiger partial charge in [0.2, 0.25) is 0 Å².